The van der Waals surface area contributed by atoms with Gasteiger partial charge >= 0.3 is 5.97 Å². The lowest BCUT2D eigenvalue weighted by atomic mass is 9.79. The average Bonchev–Trinajstić information content (AvgIpc) is 2.91. The molecule has 0 unspecified atom stereocenters. The van der Waals surface area contributed by atoms with Gasteiger partial charge in [-0.05, 0) is 98.2 Å². The van der Waals surface area contributed by atoms with Crippen molar-refractivity contribution in [3.63, 3.8) is 0 Å². The molecule has 2 aromatic carbocycles. The fourth-order valence-corrected chi connectivity index (χ4v) is 5.19. The molecule has 2 N–H and O–H groups in total. The first-order valence-corrected chi connectivity index (χ1v) is 12.7. The predicted octanol–water partition coefficient (Wildman–Crippen LogP) is 5.05. The number of aliphatic carboxylic acids is 1. The van der Waals surface area contributed by atoms with Crippen LogP contribution in [0.1, 0.15) is 49.3 Å². The molecule has 194 valence electrons. The third-order valence-electron chi connectivity index (χ3n) is 7.24. The predicted molar refractivity (Wildman–Crippen MR) is 141 cm³/mol. The van der Waals surface area contributed by atoms with Crippen LogP contribution in [0.3, 0.4) is 0 Å². The van der Waals surface area contributed by atoms with Crippen molar-refractivity contribution in [2.75, 3.05) is 26.7 Å². The number of aliphatic hydroxyl groups excluding tert-OH is 1. The summed E-state index contributed by atoms with van der Waals surface area (Å²) >= 11 is 0. The summed E-state index contributed by atoms with van der Waals surface area (Å²) < 4.78 is 18.4. The molecular formula is C30H33FN2O4. The summed E-state index contributed by atoms with van der Waals surface area (Å²) in [6.45, 7) is 2.24. The van der Waals surface area contributed by atoms with E-state index < -0.39 is 12.1 Å². The van der Waals surface area contributed by atoms with Crippen molar-refractivity contribution in [3.8, 4) is 17.6 Å². The number of aliphatic hydroxyl groups is 1. The van der Waals surface area contributed by atoms with Gasteiger partial charge in [-0.15, -0.1) is 0 Å². The SMILES string of the molecule is COc1ccc2nccc([C@H](O)CC[C@@H]3CCN(CC#Cc4ccc(F)cc4)C[C@H]3CCC(=O)O)c2c1. The average molecular weight is 505 g/mol. The molecule has 1 aromatic heterocycles. The number of likely N-dealkylation sites (tertiary alicyclic amines) is 1. The zero-order valence-corrected chi connectivity index (χ0v) is 21.1. The molecule has 3 aromatic rings. The van der Waals surface area contributed by atoms with Gasteiger partial charge in [0.25, 0.3) is 0 Å². The first kappa shape index (κ1) is 26.6. The van der Waals surface area contributed by atoms with Crippen LogP contribution in [0.2, 0.25) is 0 Å². The minimum atomic E-state index is -0.788. The van der Waals surface area contributed by atoms with E-state index in [1.54, 1.807) is 25.4 Å². The van der Waals surface area contributed by atoms with Gasteiger partial charge in [0.2, 0.25) is 0 Å². The van der Waals surface area contributed by atoms with Crippen molar-refractivity contribution in [2.45, 2.75) is 38.2 Å². The molecule has 1 aliphatic rings. The molecule has 1 aliphatic heterocycles. The first-order valence-electron chi connectivity index (χ1n) is 12.7. The lowest BCUT2D eigenvalue weighted by molar-refractivity contribution is -0.137. The lowest BCUT2D eigenvalue weighted by Crippen LogP contribution is -2.41. The van der Waals surface area contributed by atoms with Crippen LogP contribution in [0.4, 0.5) is 4.39 Å². The van der Waals surface area contributed by atoms with Crippen molar-refractivity contribution in [1.82, 2.24) is 9.88 Å². The van der Waals surface area contributed by atoms with Gasteiger partial charge in [-0.1, -0.05) is 11.8 Å². The minimum Gasteiger partial charge on any atom is -0.497 e. The van der Waals surface area contributed by atoms with E-state index >= 15 is 0 Å². The molecule has 2 heterocycles. The minimum absolute atomic E-state index is 0.133. The van der Waals surface area contributed by atoms with Gasteiger partial charge in [-0.3, -0.25) is 14.7 Å². The zero-order chi connectivity index (χ0) is 26.2. The molecule has 37 heavy (non-hydrogen) atoms. The molecule has 0 bridgehead atoms. The number of hydrogen-bond donors (Lipinski definition) is 2. The summed E-state index contributed by atoms with van der Waals surface area (Å²) in [5, 5.41) is 21.3. The third-order valence-corrected chi connectivity index (χ3v) is 7.24. The Bertz CT molecular complexity index is 1270. The van der Waals surface area contributed by atoms with Crippen molar-refractivity contribution < 1.29 is 24.1 Å². The molecular weight excluding hydrogens is 471 g/mol. The molecule has 0 aliphatic carbocycles. The molecule has 7 heteroatoms. The van der Waals surface area contributed by atoms with Crippen LogP contribution in [0, 0.1) is 29.5 Å². The molecule has 4 rings (SSSR count). The number of halogens is 1. The highest BCUT2D eigenvalue weighted by Crippen LogP contribution is 2.35. The summed E-state index contributed by atoms with van der Waals surface area (Å²) in [5.74, 6) is 6.45. The normalized spacial score (nSPS) is 18.7. The maximum atomic E-state index is 13.1. The topological polar surface area (TPSA) is 82.9 Å². The van der Waals surface area contributed by atoms with Gasteiger partial charge in [-0.2, -0.15) is 0 Å². The van der Waals surface area contributed by atoms with Crippen LogP contribution in [0.15, 0.2) is 54.7 Å². The number of aromatic nitrogens is 1. The Morgan fingerprint density at radius 1 is 1.19 bits per heavy atom. The number of carboxylic acid groups (broad SMARTS) is 1. The number of piperidine rings is 1. The number of fused-ring (bicyclic) bond motifs is 1. The number of carboxylic acids is 1. The Kier molecular flexibility index (Phi) is 9.10. The second-order valence-corrected chi connectivity index (χ2v) is 9.66. The van der Waals surface area contributed by atoms with E-state index in [1.807, 2.05) is 24.3 Å². The van der Waals surface area contributed by atoms with Gasteiger partial charge in [0.1, 0.15) is 11.6 Å². The summed E-state index contributed by atoms with van der Waals surface area (Å²) in [4.78, 5) is 18.0. The Morgan fingerprint density at radius 2 is 2.00 bits per heavy atom. The highest BCUT2D eigenvalue weighted by atomic mass is 19.1. The zero-order valence-electron chi connectivity index (χ0n) is 21.1. The van der Waals surface area contributed by atoms with Gasteiger partial charge in [0.05, 0.1) is 25.3 Å². The van der Waals surface area contributed by atoms with Crippen molar-refractivity contribution in [1.29, 1.82) is 0 Å². The number of rotatable bonds is 9. The lowest BCUT2D eigenvalue weighted by Gasteiger charge is -2.38. The van der Waals surface area contributed by atoms with Crippen molar-refractivity contribution in [3.05, 3.63) is 71.7 Å². The van der Waals surface area contributed by atoms with Crippen LogP contribution in [-0.2, 0) is 4.79 Å². The Hall–Kier alpha value is -3.47. The number of nitrogens with zero attached hydrogens (tertiary/aromatic N) is 2. The molecule has 1 fully saturated rings. The first-order chi connectivity index (χ1) is 17.9. The second-order valence-electron chi connectivity index (χ2n) is 9.66. The number of hydrogen-bond acceptors (Lipinski definition) is 5. The van der Waals surface area contributed by atoms with Crippen LogP contribution in [0.5, 0.6) is 5.75 Å². The summed E-state index contributed by atoms with van der Waals surface area (Å²) in [6, 6.07) is 13.6. The Balaban J connectivity index is 1.39. The monoisotopic (exact) mass is 504 g/mol. The van der Waals surface area contributed by atoms with Gasteiger partial charge in [0.15, 0.2) is 0 Å². The Morgan fingerprint density at radius 3 is 2.76 bits per heavy atom. The molecule has 0 amide bonds. The van der Waals surface area contributed by atoms with Gasteiger partial charge in [-0.25, -0.2) is 4.39 Å². The van der Waals surface area contributed by atoms with E-state index in [0.717, 1.165) is 53.7 Å². The molecule has 0 saturated carbocycles. The molecule has 3 atom stereocenters. The summed E-state index contributed by atoms with van der Waals surface area (Å²) in [6.07, 6.45) is 4.15. The fourth-order valence-electron chi connectivity index (χ4n) is 5.19. The summed E-state index contributed by atoms with van der Waals surface area (Å²) in [5.41, 5.74) is 2.42. The van der Waals surface area contributed by atoms with E-state index in [0.29, 0.717) is 25.3 Å². The standard InChI is InChI=1S/C30H33FN2O4/c1-37-25-10-11-28-27(19-25)26(14-16-32-28)29(34)12-6-22-15-18-33(20-23(22)7-13-30(35)36)17-2-3-21-4-8-24(31)9-5-21/h4-5,8-11,14,16,19,22-23,29,34H,6-7,12-13,15,17-18,20H2,1H3,(H,35,36)/t22-,23-,29-/m1/s1. The molecule has 0 spiro atoms. The highest BCUT2D eigenvalue weighted by molar-refractivity contribution is 5.83. The van der Waals surface area contributed by atoms with Crippen LogP contribution < -0.4 is 4.74 Å². The summed E-state index contributed by atoms with van der Waals surface area (Å²) in [7, 11) is 1.62. The van der Waals surface area contributed by atoms with E-state index in [4.69, 9.17) is 4.74 Å². The van der Waals surface area contributed by atoms with Gasteiger partial charge in [0, 0.05) is 30.1 Å². The number of carbonyl (C=O) groups is 1. The number of benzene rings is 2. The van der Waals surface area contributed by atoms with E-state index in [9.17, 15) is 19.4 Å². The molecule has 0 radical (unpaired) electrons. The number of methoxy groups -OCH3 is 1. The molecule has 6 nitrogen and oxygen atoms in total. The smallest absolute Gasteiger partial charge is 0.303 e. The van der Waals surface area contributed by atoms with E-state index in [2.05, 4.69) is 21.7 Å². The maximum absolute atomic E-state index is 13.1. The third kappa shape index (κ3) is 7.28. The largest absolute Gasteiger partial charge is 0.497 e. The Labute approximate surface area is 217 Å². The fraction of sp³-hybridized carbons (Fsp3) is 0.400. The van der Waals surface area contributed by atoms with E-state index in [-0.39, 0.29) is 18.2 Å². The quantitative estimate of drug-likeness (QED) is 0.397. The highest BCUT2D eigenvalue weighted by Gasteiger charge is 2.30. The maximum Gasteiger partial charge on any atom is 0.303 e. The van der Waals surface area contributed by atoms with E-state index in [1.165, 1.54) is 12.1 Å². The molecule has 1 saturated heterocycles. The van der Waals surface area contributed by atoms with Crippen molar-refractivity contribution in [2.24, 2.45) is 11.8 Å². The van der Waals surface area contributed by atoms with Crippen molar-refractivity contribution >= 4 is 16.9 Å². The second kappa shape index (κ2) is 12.7. The van der Waals surface area contributed by atoms with Gasteiger partial charge < -0.3 is 14.9 Å². The van der Waals surface area contributed by atoms with Crippen LogP contribution in [0.25, 0.3) is 10.9 Å². The number of pyridine rings is 1. The van der Waals surface area contributed by atoms with Crippen LogP contribution >= 0.6 is 0 Å². The number of ether oxygens (including phenoxy) is 1. The van der Waals surface area contributed by atoms with Crippen LogP contribution in [-0.4, -0.2) is 52.8 Å².